The van der Waals surface area contributed by atoms with Gasteiger partial charge in [0.15, 0.2) is 9.84 Å². The van der Waals surface area contributed by atoms with Gasteiger partial charge in [0.2, 0.25) is 5.91 Å². The van der Waals surface area contributed by atoms with Gasteiger partial charge in [0.1, 0.15) is 5.88 Å². The Morgan fingerprint density at radius 3 is 2.06 bits per heavy atom. The number of aryl methyl sites for hydroxylation is 1. The molecule has 32 heavy (non-hydrogen) atoms. The van der Waals surface area contributed by atoms with Gasteiger partial charge in [-0.1, -0.05) is 51.8 Å². The lowest BCUT2D eigenvalue weighted by atomic mass is 10.2. The molecule has 3 rings (SSSR count). The minimum Gasteiger partial charge on any atom is -0.365 e. The van der Waals surface area contributed by atoms with Crippen LogP contribution in [0.3, 0.4) is 0 Å². The Labute approximate surface area is 196 Å². The number of sulfone groups is 1. The maximum absolute atomic E-state index is 13.2. The standard InChI is InChI=1S/C24H23BrN2O4S/c1-18-8-14-22(15-9-18)32(30,31)17-27(24(29)19-6-4-3-5-7-19)23(28)16-26(2)21-12-10-20(25)11-13-21/h3-15H,16-17H2,1-2H3. The van der Waals surface area contributed by atoms with E-state index in [1.54, 1.807) is 54.4 Å². The number of carbonyl (C=O) groups excluding carboxylic acids is 2. The summed E-state index contributed by atoms with van der Waals surface area (Å²) in [6.07, 6.45) is 0. The molecular weight excluding hydrogens is 492 g/mol. The molecule has 0 N–H and O–H groups in total. The number of hydrogen-bond acceptors (Lipinski definition) is 5. The lowest BCUT2D eigenvalue weighted by molar-refractivity contribution is -0.126. The van der Waals surface area contributed by atoms with Crippen LogP contribution in [0.25, 0.3) is 0 Å². The van der Waals surface area contributed by atoms with Gasteiger partial charge in [0.25, 0.3) is 5.91 Å². The van der Waals surface area contributed by atoms with E-state index in [2.05, 4.69) is 15.9 Å². The van der Waals surface area contributed by atoms with E-state index in [1.807, 2.05) is 31.2 Å². The molecule has 0 aromatic heterocycles. The zero-order valence-corrected chi connectivity index (χ0v) is 20.1. The molecule has 0 spiro atoms. The molecule has 0 atom stereocenters. The van der Waals surface area contributed by atoms with Gasteiger partial charge < -0.3 is 4.90 Å². The van der Waals surface area contributed by atoms with Crippen molar-refractivity contribution in [2.24, 2.45) is 0 Å². The van der Waals surface area contributed by atoms with Crippen LogP contribution in [0.4, 0.5) is 5.69 Å². The number of hydrogen-bond donors (Lipinski definition) is 0. The van der Waals surface area contributed by atoms with E-state index in [0.717, 1.165) is 20.6 Å². The van der Waals surface area contributed by atoms with Gasteiger partial charge in [-0.05, 0) is 55.5 Å². The van der Waals surface area contributed by atoms with Crippen LogP contribution in [0.2, 0.25) is 0 Å². The van der Waals surface area contributed by atoms with Crippen LogP contribution in [-0.4, -0.2) is 44.6 Å². The zero-order chi connectivity index (χ0) is 23.3. The quantitative estimate of drug-likeness (QED) is 0.469. The summed E-state index contributed by atoms with van der Waals surface area (Å²) >= 11 is 3.37. The summed E-state index contributed by atoms with van der Waals surface area (Å²) in [6.45, 7) is 1.69. The van der Waals surface area contributed by atoms with Crippen molar-refractivity contribution in [3.63, 3.8) is 0 Å². The molecular formula is C24H23BrN2O4S. The van der Waals surface area contributed by atoms with Crippen molar-refractivity contribution >= 4 is 43.3 Å². The molecule has 3 aromatic carbocycles. The van der Waals surface area contributed by atoms with Crippen LogP contribution in [0, 0.1) is 6.92 Å². The molecule has 2 amide bonds. The molecule has 0 bridgehead atoms. The van der Waals surface area contributed by atoms with Crippen LogP contribution < -0.4 is 4.90 Å². The number of halogens is 1. The van der Waals surface area contributed by atoms with Crippen LogP contribution in [-0.2, 0) is 14.6 Å². The Kier molecular flexibility index (Phi) is 7.48. The molecule has 6 nitrogen and oxygen atoms in total. The monoisotopic (exact) mass is 514 g/mol. The molecule has 0 unspecified atom stereocenters. The maximum atomic E-state index is 13.2. The normalized spacial score (nSPS) is 11.1. The number of carbonyl (C=O) groups is 2. The van der Waals surface area contributed by atoms with Gasteiger partial charge in [0.05, 0.1) is 11.4 Å². The summed E-state index contributed by atoms with van der Waals surface area (Å²) < 4.78 is 26.9. The first-order valence-electron chi connectivity index (χ1n) is 9.83. The number of rotatable bonds is 7. The number of nitrogens with zero attached hydrogens (tertiary/aromatic N) is 2. The van der Waals surface area contributed by atoms with Gasteiger partial charge in [-0.3, -0.25) is 14.5 Å². The van der Waals surface area contributed by atoms with E-state index in [-0.39, 0.29) is 17.0 Å². The summed E-state index contributed by atoms with van der Waals surface area (Å²) in [6, 6.07) is 21.8. The predicted molar refractivity (Wildman–Crippen MR) is 128 cm³/mol. The minimum atomic E-state index is -3.92. The van der Waals surface area contributed by atoms with Crippen molar-refractivity contribution in [3.8, 4) is 0 Å². The maximum Gasteiger partial charge on any atom is 0.261 e. The Bertz CT molecular complexity index is 1200. The Hall–Kier alpha value is -2.97. The van der Waals surface area contributed by atoms with Gasteiger partial charge in [-0.15, -0.1) is 0 Å². The second-order valence-electron chi connectivity index (χ2n) is 7.38. The summed E-state index contributed by atoms with van der Waals surface area (Å²) in [5, 5.41) is 0. The van der Waals surface area contributed by atoms with Crippen LogP contribution >= 0.6 is 15.9 Å². The number of anilines is 1. The molecule has 8 heteroatoms. The van der Waals surface area contributed by atoms with E-state index in [4.69, 9.17) is 0 Å². The lowest BCUT2D eigenvalue weighted by Crippen LogP contribution is -2.45. The second-order valence-corrected chi connectivity index (χ2v) is 10.3. The fraction of sp³-hybridized carbons (Fsp3) is 0.167. The highest BCUT2D eigenvalue weighted by atomic mass is 79.9. The van der Waals surface area contributed by atoms with Crippen molar-refractivity contribution in [2.45, 2.75) is 11.8 Å². The molecule has 0 radical (unpaired) electrons. The Morgan fingerprint density at radius 1 is 0.875 bits per heavy atom. The number of imide groups is 1. The lowest BCUT2D eigenvalue weighted by Gasteiger charge is -2.25. The van der Waals surface area contributed by atoms with E-state index in [1.165, 1.54) is 12.1 Å². The van der Waals surface area contributed by atoms with E-state index >= 15 is 0 Å². The highest BCUT2D eigenvalue weighted by Crippen LogP contribution is 2.19. The first-order valence-corrected chi connectivity index (χ1v) is 12.3. The van der Waals surface area contributed by atoms with E-state index < -0.39 is 27.5 Å². The Balaban J connectivity index is 1.89. The smallest absolute Gasteiger partial charge is 0.261 e. The number of likely N-dealkylation sites (N-methyl/N-ethyl adjacent to an activating group) is 1. The summed E-state index contributed by atoms with van der Waals surface area (Å²) in [5.41, 5.74) is 1.91. The number of amides is 2. The van der Waals surface area contributed by atoms with Crippen LogP contribution in [0.15, 0.2) is 88.2 Å². The predicted octanol–water partition coefficient (Wildman–Crippen LogP) is 4.29. The van der Waals surface area contributed by atoms with E-state index in [9.17, 15) is 18.0 Å². The summed E-state index contributed by atoms with van der Waals surface area (Å²) in [4.78, 5) is 28.8. The van der Waals surface area contributed by atoms with Crippen LogP contribution in [0.5, 0.6) is 0 Å². The van der Waals surface area contributed by atoms with Crippen molar-refractivity contribution < 1.29 is 18.0 Å². The topological polar surface area (TPSA) is 74.8 Å². The molecule has 0 aliphatic heterocycles. The van der Waals surface area contributed by atoms with Crippen molar-refractivity contribution in [1.82, 2.24) is 4.90 Å². The number of benzene rings is 3. The minimum absolute atomic E-state index is 0.0584. The average Bonchev–Trinajstić information content (AvgIpc) is 2.78. The van der Waals surface area contributed by atoms with Crippen molar-refractivity contribution in [2.75, 3.05) is 24.4 Å². The summed E-state index contributed by atoms with van der Waals surface area (Å²) in [7, 11) is -2.21. The third-order valence-electron chi connectivity index (χ3n) is 4.89. The molecule has 0 aliphatic carbocycles. The fourth-order valence-electron chi connectivity index (χ4n) is 3.05. The molecule has 0 heterocycles. The van der Waals surface area contributed by atoms with Crippen molar-refractivity contribution in [1.29, 1.82) is 0 Å². The van der Waals surface area contributed by atoms with Gasteiger partial charge in [-0.25, -0.2) is 8.42 Å². The first-order chi connectivity index (χ1) is 15.2. The van der Waals surface area contributed by atoms with Crippen molar-refractivity contribution in [3.05, 3.63) is 94.5 Å². The van der Waals surface area contributed by atoms with Gasteiger partial charge >= 0.3 is 0 Å². The molecule has 166 valence electrons. The third-order valence-corrected chi connectivity index (χ3v) is 7.00. The molecule has 3 aromatic rings. The third kappa shape index (κ3) is 5.83. The fourth-order valence-corrected chi connectivity index (χ4v) is 4.61. The molecule has 0 saturated carbocycles. The first kappa shape index (κ1) is 23.7. The molecule has 0 fully saturated rings. The largest absolute Gasteiger partial charge is 0.365 e. The average molecular weight is 515 g/mol. The molecule has 0 saturated heterocycles. The SMILES string of the molecule is Cc1ccc(S(=O)(=O)CN(C(=O)CN(C)c2ccc(Br)cc2)C(=O)c2ccccc2)cc1. The molecule has 0 aliphatic rings. The summed E-state index contributed by atoms with van der Waals surface area (Å²) in [5.74, 6) is -2.01. The van der Waals surface area contributed by atoms with E-state index in [0.29, 0.717) is 0 Å². The van der Waals surface area contributed by atoms with Gasteiger partial charge in [0, 0.05) is 22.8 Å². The van der Waals surface area contributed by atoms with Crippen LogP contribution in [0.1, 0.15) is 15.9 Å². The Morgan fingerprint density at radius 2 is 1.47 bits per heavy atom. The second kappa shape index (κ2) is 10.1. The van der Waals surface area contributed by atoms with Gasteiger partial charge in [-0.2, -0.15) is 0 Å². The highest BCUT2D eigenvalue weighted by Gasteiger charge is 2.29. The highest BCUT2D eigenvalue weighted by molar-refractivity contribution is 9.10. The zero-order valence-electron chi connectivity index (χ0n) is 17.7.